The van der Waals surface area contributed by atoms with Crippen LogP contribution in [0.15, 0.2) is 38.4 Å². The summed E-state index contributed by atoms with van der Waals surface area (Å²) in [6.07, 6.45) is -0.525. The van der Waals surface area contributed by atoms with E-state index >= 15 is 0 Å². The van der Waals surface area contributed by atoms with E-state index in [0.717, 1.165) is 12.1 Å². The van der Waals surface area contributed by atoms with Crippen LogP contribution >= 0.6 is 0 Å². The van der Waals surface area contributed by atoms with Gasteiger partial charge in [0.1, 0.15) is 5.58 Å². The average molecular weight is 394 g/mol. The minimum absolute atomic E-state index is 0.0170. The lowest BCUT2D eigenvalue weighted by atomic mass is 10.0. The molecule has 1 aromatic carbocycles. The molecular weight excluding hydrogens is 380 g/mol. The Bertz CT molecular complexity index is 1130. The highest BCUT2D eigenvalue weighted by Gasteiger charge is 2.20. The standard InChI is InChI=1S/C16H14N2O8S/c1-7-8-4-12(27(23)24)10(17)6-11(8)25-16(22)9(7)5-15(21)26-18-13(19)2-3-14(18)20/h2-4,6,19-20H,5,17H2,1H3,(H,23,24). The fourth-order valence-corrected chi connectivity index (χ4v) is 3.04. The van der Waals surface area contributed by atoms with E-state index in [-0.39, 0.29) is 21.7 Å². The summed E-state index contributed by atoms with van der Waals surface area (Å²) in [6, 6.07) is 4.78. The lowest BCUT2D eigenvalue weighted by Crippen LogP contribution is -2.24. The van der Waals surface area contributed by atoms with Crippen molar-refractivity contribution in [3.8, 4) is 11.8 Å². The Morgan fingerprint density at radius 3 is 2.52 bits per heavy atom. The van der Waals surface area contributed by atoms with Crippen LogP contribution in [0.3, 0.4) is 0 Å². The van der Waals surface area contributed by atoms with E-state index in [1.54, 1.807) is 0 Å². The van der Waals surface area contributed by atoms with E-state index in [1.807, 2.05) is 0 Å². The molecule has 2 aromatic heterocycles. The molecule has 3 rings (SSSR count). The summed E-state index contributed by atoms with van der Waals surface area (Å²) >= 11 is -2.35. The smallest absolute Gasteiger partial charge is 0.340 e. The van der Waals surface area contributed by atoms with Crippen LogP contribution in [-0.2, 0) is 22.3 Å². The van der Waals surface area contributed by atoms with Crippen molar-refractivity contribution >= 4 is 33.7 Å². The number of carbonyl (C=O) groups is 1. The Morgan fingerprint density at radius 2 is 1.93 bits per heavy atom. The Balaban J connectivity index is 2.01. The van der Waals surface area contributed by atoms with Gasteiger partial charge in [-0.3, -0.25) is 0 Å². The van der Waals surface area contributed by atoms with Crippen molar-refractivity contribution in [2.24, 2.45) is 0 Å². The van der Waals surface area contributed by atoms with Gasteiger partial charge in [-0.25, -0.2) is 13.8 Å². The normalized spacial score (nSPS) is 12.2. The van der Waals surface area contributed by atoms with Crippen molar-refractivity contribution in [2.75, 3.05) is 5.73 Å². The molecule has 0 amide bonds. The van der Waals surface area contributed by atoms with Gasteiger partial charge in [0.15, 0.2) is 11.1 Å². The van der Waals surface area contributed by atoms with E-state index in [1.165, 1.54) is 19.1 Å². The number of aryl methyl sites for hydroxylation is 1. The average Bonchev–Trinajstić information content (AvgIpc) is 2.90. The molecule has 0 aliphatic rings. The number of rotatable bonds is 4. The van der Waals surface area contributed by atoms with Gasteiger partial charge in [0, 0.05) is 23.6 Å². The molecule has 1 atom stereocenters. The Morgan fingerprint density at radius 1 is 1.30 bits per heavy atom. The van der Waals surface area contributed by atoms with E-state index in [9.17, 15) is 28.6 Å². The number of benzene rings is 1. The van der Waals surface area contributed by atoms with Crippen LogP contribution < -0.4 is 16.2 Å². The molecule has 0 aliphatic carbocycles. The molecule has 27 heavy (non-hydrogen) atoms. The number of aromatic nitrogens is 1. The summed E-state index contributed by atoms with van der Waals surface area (Å²) in [4.78, 5) is 29.1. The van der Waals surface area contributed by atoms with Crippen LogP contribution in [0.25, 0.3) is 11.0 Å². The highest BCUT2D eigenvalue weighted by molar-refractivity contribution is 7.79. The number of fused-ring (bicyclic) bond motifs is 1. The Hall–Kier alpha value is -3.31. The molecule has 5 N–H and O–H groups in total. The van der Waals surface area contributed by atoms with Crippen LogP contribution in [0.1, 0.15) is 11.1 Å². The van der Waals surface area contributed by atoms with Crippen molar-refractivity contribution in [1.29, 1.82) is 0 Å². The molecule has 10 nitrogen and oxygen atoms in total. The van der Waals surface area contributed by atoms with Gasteiger partial charge in [0.25, 0.3) is 0 Å². The molecule has 142 valence electrons. The molecule has 0 spiro atoms. The highest BCUT2D eigenvalue weighted by Crippen LogP contribution is 2.27. The van der Waals surface area contributed by atoms with Crippen LogP contribution in [0.5, 0.6) is 11.8 Å². The van der Waals surface area contributed by atoms with Gasteiger partial charge >= 0.3 is 11.6 Å². The first-order valence-corrected chi connectivity index (χ1v) is 8.57. The predicted molar refractivity (Wildman–Crippen MR) is 93.7 cm³/mol. The second-order valence-corrected chi connectivity index (χ2v) is 6.55. The first kappa shape index (κ1) is 18.5. The summed E-state index contributed by atoms with van der Waals surface area (Å²) in [7, 11) is 0. The molecular formula is C16H14N2O8S. The van der Waals surface area contributed by atoms with Crippen molar-refractivity contribution in [1.82, 2.24) is 4.73 Å². The summed E-state index contributed by atoms with van der Waals surface area (Å²) in [6.45, 7) is 1.53. The molecule has 0 saturated carbocycles. The SMILES string of the molecule is Cc1c(CC(=O)On2c(O)ccc2O)c(=O)oc2cc(N)c(S(=O)O)cc12. The van der Waals surface area contributed by atoms with Gasteiger partial charge in [-0.1, -0.05) is 0 Å². The summed E-state index contributed by atoms with van der Waals surface area (Å²) in [5.41, 5.74) is 5.24. The largest absolute Gasteiger partial charge is 0.492 e. The zero-order chi connectivity index (χ0) is 19.9. The van der Waals surface area contributed by atoms with Gasteiger partial charge in [-0.05, 0) is 18.6 Å². The zero-order valence-electron chi connectivity index (χ0n) is 13.8. The van der Waals surface area contributed by atoms with Crippen molar-refractivity contribution in [2.45, 2.75) is 18.2 Å². The molecule has 0 fully saturated rings. The maximum atomic E-state index is 12.2. The summed E-state index contributed by atoms with van der Waals surface area (Å²) < 4.78 is 26.3. The lowest BCUT2D eigenvalue weighted by molar-refractivity contribution is -0.144. The second kappa shape index (κ2) is 6.78. The van der Waals surface area contributed by atoms with E-state index in [0.29, 0.717) is 15.7 Å². The quantitative estimate of drug-likeness (QED) is 0.283. The number of nitrogens with two attached hydrogens (primary N) is 1. The van der Waals surface area contributed by atoms with Crippen molar-refractivity contribution in [3.05, 3.63) is 45.8 Å². The van der Waals surface area contributed by atoms with Gasteiger partial charge in [0.05, 0.1) is 22.6 Å². The summed E-state index contributed by atoms with van der Waals surface area (Å²) in [5, 5.41) is 19.3. The third-order valence-corrected chi connectivity index (χ3v) is 4.65. The maximum Gasteiger partial charge on any atom is 0.340 e. The van der Waals surface area contributed by atoms with Crippen molar-refractivity contribution < 1.29 is 33.0 Å². The Kier molecular flexibility index (Phi) is 4.64. The van der Waals surface area contributed by atoms with Gasteiger partial charge in [-0.15, -0.1) is 4.73 Å². The molecule has 0 radical (unpaired) electrons. The minimum Gasteiger partial charge on any atom is -0.492 e. The van der Waals surface area contributed by atoms with Crippen LogP contribution in [0.2, 0.25) is 0 Å². The molecule has 0 saturated heterocycles. The molecule has 11 heteroatoms. The monoisotopic (exact) mass is 394 g/mol. The topological polar surface area (TPSA) is 165 Å². The van der Waals surface area contributed by atoms with Crippen molar-refractivity contribution in [3.63, 3.8) is 0 Å². The molecule has 1 unspecified atom stereocenters. The van der Waals surface area contributed by atoms with Gasteiger partial charge in [-0.2, -0.15) is 0 Å². The lowest BCUT2D eigenvalue weighted by Gasteiger charge is -2.10. The van der Waals surface area contributed by atoms with Crippen LogP contribution in [0, 0.1) is 6.92 Å². The molecule has 0 aliphatic heterocycles. The number of hydrogen-bond acceptors (Lipinski definition) is 8. The second-order valence-electron chi connectivity index (χ2n) is 5.61. The van der Waals surface area contributed by atoms with Crippen LogP contribution in [0.4, 0.5) is 5.69 Å². The summed E-state index contributed by atoms with van der Waals surface area (Å²) in [5.74, 6) is -1.96. The number of anilines is 1. The third kappa shape index (κ3) is 3.37. The number of nitrogen functional groups attached to an aromatic ring is 1. The number of nitrogens with zero attached hydrogens (tertiary/aromatic N) is 1. The first-order valence-electron chi connectivity index (χ1n) is 7.46. The fourth-order valence-electron chi connectivity index (χ4n) is 2.56. The zero-order valence-corrected chi connectivity index (χ0v) is 14.6. The van der Waals surface area contributed by atoms with Gasteiger partial charge in [0.2, 0.25) is 11.8 Å². The number of hydrogen-bond donors (Lipinski definition) is 4. The third-order valence-electron chi connectivity index (χ3n) is 3.92. The Labute approximate surface area is 153 Å². The minimum atomic E-state index is -2.35. The molecule has 3 aromatic rings. The maximum absolute atomic E-state index is 12.2. The van der Waals surface area contributed by atoms with Crippen LogP contribution in [-0.4, -0.2) is 29.7 Å². The fraction of sp³-hybridized carbons (Fsp3) is 0.125. The predicted octanol–water partition coefficient (Wildman–Crippen LogP) is 0.675. The molecule has 0 bridgehead atoms. The van der Waals surface area contributed by atoms with E-state index < -0.39 is 40.9 Å². The number of carbonyl (C=O) groups excluding carboxylic acids is 1. The first-order chi connectivity index (χ1) is 12.7. The molecule has 2 heterocycles. The highest BCUT2D eigenvalue weighted by atomic mass is 32.2. The van der Waals surface area contributed by atoms with E-state index in [4.69, 9.17) is 15.0 Å². The van der Waals surface area contributed by atoms with E-state index in [2.05, 4.69) is 0 Å². The van der Waals surface area contributed by atoms with Gasteiger partial charge < -0.3 is 29.8 Å². The number of aromatic hydroxyl groups is 2.